The van der Waals surface area contributed by atoms with Gasteiger partial charge in [0, 0.05) is 23.5 Å². The van der Waals surface area contributed by atoms with Crippen molar-refractivity contribution >= 4 is 16.9 Å². The number of carbonyl (C=O) groups excluding carboxylic acids is 1. The van der Waals surface area contributed by atoms with Crippen LogP contribution in [0, 0.1) is 6.92 Å². The van der Waals surface area contributed by atoms with E-state index in [-0.39, 0.29) is 11.9 Å². The molecular formula is C15H23N5O. The Morgan fingerprint density at radius 1 is 1.48 bits per heavy atom. The SMILES string of the molecule is Cc1nc2c(cnn2C(C)C)cc1C(=O)NCC(C)(C)N. The normalized spacial score (nSPS) is 12.1. The molecule has 0 aromatic carbocycles. The number of hydrogen-bond donors (Lipinski definition) is 2. The van der Waals surface area contributed by atoms with Crippen LogP contribution < -0.4 is 11.1 Å². The molecule has 0 atom stereocenters. The number of hydrogen-bond acceptors (Lipinski definition) is 4. The lowest BCUT2D eigenvalue weighted by Crippen LogP contribution is -2.45. The number of nitrogens with two attached hydrogens (primary N) is 1. The number of fused-ring (bicyclic) bond motifs is 1. The summed E-state index contributed by atoms with van der Waals surface area (Å²) in [6.45, 7) is 10.1. The molecule has 0 aliphatic rings. The van der Waals surface area contributed by atoms with Crippen LogP contribution in [0.25, 0.3) is 11.0 Å². The third-order valence-corrected chi connectivity index (χ3v) is 3.20. The van der Waals surface area contributed by atoms with E-state index in [2.05, 4.69) is 15.4 Å². The summed E-state index contributed by atoms with van der Waals surface area (Å²) in [5, 5.41) is 8.03. The predicted molar refractivity (Wildman–Crippen MR) is 83.2 cm³/mol. The molecule has 6 heteroatoms. The van der Waals surface area contributed by atoms with E-state index < -0.39 is 5.54 Å². The quantitative estimate of drug-likeness (QED) is 0.898. The van der Waals surface area contributed by atoms with E-state index in [0.29, 0.717) is 17.8 Å². The summed E-state index contributed by atoms with van der Waals surface area (Å²) in [5.74, 6) is -0.155. The summed E-state index contributed by atoms with van der Waals surface area (Å²) in [6, 6.07) is 2.06. The van der Waals surface area contributed by atoms with Gasteiger partial charge >= 0.3 is 0 Å². The maximum absolute atomic E-state index is 12.3. The van der Waals surface area contributed by atoms with Gasteiger partial charge in [0.2, 0.25) is 0 Å². The van der Waals surface area contributed by atoms with Crippen molar-refractivity contribution < 1.29 is 4.79 Å². The third-order valence-electron chi connectivity index (χ3n) is 3.20. The second-order valence-electron chi connectivity index (χ2n) is 6.39. The Morgan fingerprint density at radius 3 is 2.71 bits per heavy atom. The zero-order chi connectivity index (χ0) is 15.8. The van der Waals surface area contributed by atoms with E-state index in [1.807, 2.05) is 45.4 Å². The number of aromatic nitrogens is 3. The van der Waals surface area contributed by atoms with Gasteiger partial charge < -0.3 is 11.1 Å². The van der Waals surface area contributed by atoms with Crippen molar-refractivity contribution in [1.82, 2.24) is 20.1 Å². The highest BCUT2D eigenvalue weighted by Crippen LogP contribution is 2.19. The monoisotopic (exact) mass is 289 g/mol. The molecule has 0 bridgehead atoms. The first kappa shape index (κ1) is 15.4. The molecule has 0 fully saturated rings. The molecule has 21 heavy (non-hydrogen) atoms. The first-order chi connectivity index (χ1) is 9.69. The molecule has 2 rings (SSSR count). The highest BCUT2D eigenvalue weighted by atomic mass is 16.1. The molecule has 2 aromatic heterocycles. The van der Waals surface area contributed by atoms with Gasteiger partial charge in [-0.1, -0.05) is 0 Å². The number of pyridine rings is 1. The number of aryl methyl sites for hydroxylation is 1. The topological polar surface area (TPSA) is 85.8 Å². The van der Waals surface area contributed by atoms with Gasteiger partial charge in [-0.3, -0.25) is 4.79 Å². The van der Waals surface area contributed by atoms with Crippen LogP contribution in [0.3, 0.4) is 0 Å². The molecule has 114 valence electrons. The molecule has 6 nitrogen and oxygen atoms in total. The molecule has 0 aliphatic heterocycles. The molecule has 0 unspecified atom stereocenters. The lowest BCUT2D eigenvalue weighted by molar-refractivity contribution is 0.0945. The fourth-order valence-electron chi connectivity index (χ4n) is 2.08. The molecule has 0 saturated heterocycles. The number of amides is 1. The van der Waals surface area contributed by atoms with Crippen LogP contribution in [0.5, 0.6) is 0 Å². The largest absolute Gasteiger partial charge is 0.350 e. The van der Waals surface area contributed by atoms with Crippen molar-refractivity contribution in [3.63, 3.8) is 0 Å². The molecule has 2 aromatic rings. The Morgan fingerprint density at radius 2 is 2.14 bits per heavy atom. The molecule has 0 spiro atoms. The minimum Gasteiger partial charge on any atom is -0.350 e. The van der Waals surface area contributed by atoms with Gasteiger partial charge in [0.1, 0.15) is 0 Å². The van der Waals surface area contributed by atoms with E-state index in [1.54, 1.807) is 6.20 Å². The van der Waals surface area contributed by atoms with Gasteiger partial charge in [-0.25, -0.2) is 9.67 Å². The summed E-state index contributed by atoms with van der Waals surface area (Å²) < 4.78 is 1.85. The molecule has 1 amide bonds. The van der Waals surface area contributed by atoms with Crippen LogP contribution in [-0.2, 0) is 0 Å². The van der Waals surface area contributed by atoms with Gasteiger partial charge in [-0.05, 0) is 40.7 Å². The average Bonchev–Trinajstić information content (AvgIpc) is 2.76. The van der Waals surface area contributed by atoms with Crippen molar-refractivity contribution in [3.8, 4) is 0 Å². The van der Waals surface area contributed by atoms with Crippen LogP contribution in [0.4, 0.5) is 0 Å². The number of nitrogens with one attached hydrogen (secondary N) is 1. The van der Waals surface area contributed by atoms with E-state index >= 15 is 0 Å². The molecule has 0 saturated carbocycles. The van der Waals surface area contributed by atoms with Gasteiger partial charge in [-0.15, -0.1) is 0 Å². The minimum atomic E-state index is -0.441. The summed E-state index contributed by atoms with van der Waals surface area (Å²) in [4.78, 5) is 16.8. The fourth-order valence-corrected chi connectivity index (χ4v) is 2.08. The molecule has 2 heterocycles. The van der Waals surface area contributed by atoms with E-state index in [1.165, 1.54) is 0 Å². The van der Waals surface area contributed by atoms with E-state index in [4.69, 9.17) is 5.73 Å². The second kappa shape index (κ2) is 5.44. The van der Waals surface area contributed by atoms with E-state index in [9.17, 15) is 4.79 Å². The van der Waals surface area contributed by atoms with Gasteiger partial charge in [0.25, 0.3) is 5.91 Å². The van der Waals surface area contributed by atoms with Crippen molar-refractivity contribution in [2.75, 3.05) is 6.54 Å². The summed E-state index contributed by atoms with van der Waals surface area (Å²) in [7, 11) is 0. The first-order valence-electron chi connectivity index (χ1n) is 7.11. The van der Waals surface area contributed by atoms with Crippen LogP contribution in [0.15, 0.2) is 12.3 Å². The standard InChI is InChI=1S/C15H23N5O/c1-9(2)20-13-11(7-18-20)6-12(10(3)19-13)14(21)17-8-15(4,5)16/h6-7,9H,8,16H2,1-5H3,(H,17,21). The third kappa shape index (κ3) is 3.39. The molecular weight excluding hydrogens is 266 g/mol. The molecule has 0 aliphatic carbocycles. The lowest BCUT2D eigenvalue weighted by atomic mass is 10.1. The van der Waals surface area contributed by atoms with E-state index in [0.717, 1.165) is 11.0 Å². The highest BCUT2D eigenvalue weighted by Gasteiger charge is 2.17. The number of nitrogens with zero attached hydrogens (tertiary/aromatic N) is 3. The van der Waals surface area contributed by atoms with Crippen LogP contribution in [0.2, 0.25) is 0 Å². The Balaban J connectivity index is 2.33. The zero-order valence-electron chi connectivity index (χ0n) is 13.3. The average molecular weight is 289 g/mol. The van der Waals surface area contributed by atoms with Crippen molar-refractivity contribution in [2.45, 2.75) is 46.2 Å². The van der Waals surface area contributed by atoms with Crippen molar-refractivity contribution in [1.29, 1.82) is 0 Å². The van der Waals surface area contributed by atoms with Gasteiger partial charge in [0.15, 0.2) is 5.65 Å². The lowest BCUT2D eigenvalue weighted by Gasteiger charge is -2.19. The van der Waals surface area contributed by atoms with Crippen LogP contribution >= 0.6 is 0 Å². The first-order valence-corrected chi connectivity index (χ1v) is 7.11. The molecule has 0 radical (unpaired) electrons. The van der Waals surface area contributed by atoms with Crippen molar-refractivity contribution in [3.05, 3.63) is 23.5 Å². The highest BCUT2D eigenvalue weighted by molar-refractivity contribution is 5.98. The number of carbonyl (C=O) groups is 1. The minimum absolute atomic E-state index is 0.155. The van der Waals surface area contributed by atoms with Gasteiger partial charge in [0.05, 0.1) is 17.5 Å². The smallest absolute Gasteiger partial charge is 0.253 e. The zero-order valence-corrected chi connectivity index (χ0v) is 13.3. The van der Waals surface area contributed by atoms with Gasteiger partial charge in [-0.2, -0.15) is 5.10 Å². The second-order valence-corrected chi connectivity index (χ2v) is 6.39. The predicted octanol–water partition coefficient (Wildman–Crippen LogP) is 1.79. The van der Waals surface area contributed by atoms with Crippen LogP contribution in [-0.4, -0.2) is 32.8 Å². The Hall–Kier alpha value is -1.95. The Bertz CT molecular complexity index is 666. The van der Waals surface area contributed by atoms with Crippen molar-refractivity contribution in [2.24, 2.45) is 5.73 Å². The fraction of sp³-hybridized carbons (Fsp3) is 0.533. The maximum atomic E-state index is 12.3. The Labute approximate surface area is 124 Å². The van der Waals surface area contributed by atoms with Crippen LogP contribution in [0.1, 0.15) is 49.8 Å². The maximum Gasteiger partial charge on any atom is 0.253 e. The number of rotatable bonds is 4. The summed E-state index contributed by atoms with van der Waals surface area (Å²) in [6.07, 6.45) is 1.74. The Kier molecular flexibility index (Phi) is 4.00. The molecule has 3 N–H and O–H groups in total. The summed E-state index contributed by atoms with van der Waals surface area (Å²) >= 11 is 0. The summed E-state index contributed by atoms with van der Waals surface area (Å²) in [5.41, 5.74) is 7.50.